The van der Waals surface area contributed by atoms with Crippen LogP contribution in [0.4, 0.5) is 18.9 Å². The number of furan rings is 1. The molecule has 0 unspecified atom stereocenters. The van der Waals surface area contributed by atoms with E-state index in [-0.39, 0.29) is 12.2 Å². The molecule has 0 amide bonds. The molecule has 96 valence electrons. The lowest BCUT2D eigenvalue weighted by Gasteiger charge is -2.06. The third-order valence-electron chi connectivity index (χ3n) is 2.16. The number of anilines is 1. The number of halogens is 5. The molecule has 2 nitrogen and oxygen atoms in total. The van der Waals surface area contributed by atoms with Crippen LogP contribution >= 0.6 is 31.9 Å². The van der Waals surface area contributed by atoms with Gasteiger partial charge in [-0.25, -0.2) is 13.2 Å². The van der Waals surface area contributed by atoms with Crippen molar-refractivity contribution in [2.24, 2.45) is 0 Å². The molecule has 2 aromatic rings. The van der Waals surface area contributed by atoms with Crippen molar-refractivity contribution in [2.45, 2.75) is 6.54 Å². The molecule has 0 saturated heterocycles. The summed E-state index contributed by atoms with van der Waals surface area (Å²) in [6, 6.07) is 2.93. The maximum Gasteiger partial charge on any atom is 0.183 e. The summed E-state index contributed by atoms with van der Waals surface area (Å²) in [6.07, 6.45) is 0. The summed E-state index contributed by atoms with van der Waals surface area (Å²) in [5, 5.41) is 2.62. The fraction of sp³-hybridized carbons (Fsp3) is 0.0909. The van der Waals surface area contributed by atoms with Gasteiger partial charge < -0.3 is 9.73 Å². The van der Waals surface area contributed by atoms with E-state index in [2.05, 4.69) is 37.2 Å². The third kappa shape index (κ3) is 2.89. The molecule has 0 atom stereocenters. The Hall–Kier alpha value is -0.950. The molecule has 1 aromatic heterocycles. The van der Waals surface area contributed by atoms with Crippen LogP contribution in [0.25, 0.3) is 0 Å². The Labute approximate surface area is 117 Å². The van der Waals surface area contributed by atoms with E-state index in [1.807, 2.05) is 0 Å². The molecule has 1 N–H and O–H groups in total. The molecule has 18 heavy (non-hydrogen) atoms. The maximum absolute atomic E-state index is 13.3. The van der Waals surface area contributed by atoms with Crippen molar-refractivity contribution in [1.82, 2.24) is 0 Å². The van der Waals surface area contributed by atoms with Crippen LogP contribution in [0, 0.1) is 17.5 Å². The second kappa shape index (κ2) is 5.36. The molecule has 0 bridgehead atoms. The fourth-order valence-corrected chi connectivity index (χ4v) is 1.98. The average molecular weight is 385 g/mol. The van der Waals surface area contributed by atoms with Crippen LogP contribution in [0.2, 0.25) is 0 Å². The van der Waals surface area contributed by atoms with Gasteiger partial charge in [-0.3, -0.25) is 0 Å². The summed E-state index contributed by atoms with van der Waals surface area (Å²) >= 11 is 6.38. The molecule has 0 radical (unpaired) electrons. The predicted molar refractivity (Wildman–Crippen MR) is 67.8 cm³/mol. The molecule has 0 aliphatic heterocycles. The first-order valence-corrected chi connectivity index (χ1v) is 6.38. The van der Waals surface area contributed by atoms with E-state index in [0.29, 0.717) is 21.0 Å². The lowest BCUT2D eigenvalue weighted by Crippen LogP contribution is -2.02. The Morgan fingerprint density at radius 2 is 1.67 bits per heavy atom. The van der Waals surface area contributed by atoms with Gasteiger partial charge in [-0.05, 0) is 37.9 Å². The smallest absolute Gasteiger partial charge is 0.183 e. The van der Waals surface area contributed by atoms with Crippen LogP contribution in [-0.2, 0) is 6.54 Å². The minimum Gasteiger partial charge on any atom is -0.451 e. The predicted octanol–water partition coefficient (Wildman–Crippen LogP) is 4.83. The molecule has 0 aliphatic rings. The van der Waals surface area contributed by atoms with E-state index in [1.54, 1.807) is 6.07 Å². The molecule has 7 heteroatoms. The number of benzene rings is 1. The van der Waals surface area contributed by atoms with E-state index in [0.717, 1.165) is 6.07 Å². The molecule has 0 fully saturated rings. The number of nitrogens with one attached hydrogen (secondary N) is 1. The van der Waals surface area contributed by atoms with Crippen LogP contribution in [0.1, 0.15) is 5.76 Å². The number of hydrogen-bond acceptors (Lipinski definition) is 2. The molecule has 0 aliphatic carbocycles. The van der Waals surface area contributed by atoms with Gasteiger partial charge in [-0.2, -0.15) is 0 Å². The molecule has 0 spiro atoms. The van der Waals surface area contributed by atoms with Crippen molar-refractivity contribution in [3.63, 3.8) is 0 Å². The number of rotatable bonds is 3. The van der Waals surface area contributed by atoms with Gasteiger partial charge in [0.25, 0.3) is 0 Å². The van der Waals surface area contributed by atoms with Crippen molar-refractivity contribution in [3.8, 4) is 0 Å². The maximum atomic E-state index is 13.3. The van der Waals surface area contributed by atoms with Gasteiger partial charge in [0.1, 0.15) is 11.6 Å². The summed E-state index contributed by atoms with van der Waals surface area (Å²) in [5.74, 6) is -2.68. The van der Waals surface area contributed by atoms with Crippen LogP contribution in [-0.4, -0.2) is 0 Å². The zero-order valence-corrected chi connectivity index (χ0v) is 11.9. The normalized spacial score (nSPS) is 10.7. The minimum atomic E-state index is -1.22. The first-order chi connectivity index (χ1) is 8.47. The first-order valence-electron chi connectivity index (χ1n) is 4.79. The monoisotopic (exact) mass is 383 g/mol. The van der Waals surface area contributed by atoms with Gasteiger partial charge in [0, 0.05) is 12.1 Å². The molecule has 0 saturated carbocycles. The highest BCUT2D eigenvalue weighted by atomic mass is 79.9. The lowest BCUT2D eigenvalue weighted by molar-refractivity contribution is 0.489. The lowest BCUT2D eigenvalue weighted by atomic mass is 10.2. The fourth-order valence-electron chi connectivity index (χ4n) is 1.32. The van der Waals surface area contributed by atoms with Gasteiger partial charge in [0.05, 0.1) is 16.7 Å². The molecular formula is C11H6Br2F3NO. The summed E-state index contributed by atoms with van der Waals surface area (Å²) in [4.78, 5) is 0. The standard InChI is InChI=1S/C11H6Br2F3NO/c12-6-1-5(18-11(6)13)4-17-10-3-8(15)7(14)2-9(10)16/h1-3,17H,4H2. The quantitative estimate of drug-likeness (QED) is 0.766. The van der Waals surface area contributed by atoms with Crippen molar-refractivity contribution >= 4 is 37.5 Å². The molecule has 2 rings (SSSR count). The van der Waals surface area contributed by atoms with E-state index in [9.17, 15) is 13.2 Å². The van der Waals surface area contributed by atoms with E-state index in [4.69, 9.17) is 4.42 Å². The van der Waals surface area contributed by atoms with Gasteiger partial charge in [0.15, 0.2) is 16.3 Å². The number of hydrogen-bond donors (Lipinski definition) is 1. The summed E-state index contributed by atoms with van der Waals surface area (Å²) < 4.78 is 45.4. The van der Waals surface area contributed by atoms with E-state index < -0.39 is 17.5 Å². The highest BCUT2D eigenvalue weighted by Gasteiger charge is 2.11. The van der Waals surface area contributed by atoms with Crippen molar-refractivity contribution in [1.29, 1.82) is 0 Å². The Balaban J connectivity index is 2.13. The second-order valence-electron chi connectivity index (χ2n) is 3.43. The van der Waals surface area contributed by atoms with E-state index >= 15 is 0 Å². The summed E-state index contributed by atoms with van der Waals surface area (Å²) in [5.41, 5.74) is -0.127. The van der Waals surface area contributed by atoms with Crippen molar-refractivity contribution < 1.29 is 17.6 Å². The molecular weight excluding hydrogens is 379 g/mol. The van der Waals surface area contributed by atoms with Crippen LogP contribution in [0.3, 0.4) is 0 Å². The van der Waals surface area contributed by atoms with E-state index in [1.165, 1.54) is 0 Å². The van der Waals surface area contributed by atoms with Crippen molar-refractivity contribution in [3.05, 3.63) is 50.6 Å². The van der Waals surface area contributed by atoms with Gasteiger partial charge >= 0.3 is 0 Å². The van der Waals surface area contributed by atoms with Crippen LogP contribution < -0.4 is 5.32 Å². The zero-order chi connectivity index (χ0) is 13.3. The largest absolute Gasteiger partial charge is 0.451 e. The SMILES string of the molecule is Fc1cc(F)c(NCc2cc(Br)c(Br)o2)cc1F. The highest BCUT2D eigenvalue weighted by Crippen LogP contribution is 2.27. The Morgan fingerprint density at radius 3 is 2.28 bits per heavy atom. The van der Waals surface area contributed by atoms with Gasteiger partial charge in [-0.15, -0.1) is 0 Å². The Kier molecular flexibility index (Phi) is 4.01. The molecule has 1 heterocycles. The van der Waals surface area contributed by atoms with Crippen LogP contribution in [0.5, 0.6) is 0 Å². The van der Waals surface area contributed by atoms with Gasteiger partial charge in [0.2, 0.25) is 0 Å². The molecule has 1 aromatic carbocycles. The van der Waals surface area contributed by atoms with Crippen molar-refractivity contribution in [2.75, 3.05) is 5.32 Å². The Bertz CT molecular complexity index is 566. The average Bonchev–Trinajstić information content (AvgIpc) is 2.62. The summed E-state index contributed by atoms with van der Waals surface area (Å²) in [6.45, 7) is 0.145. The van der Waals surface area contributed by atoms with Crippen LogP contribution in [0.15, 0.2) is 31.8 Å². The van der Waals surface area contributed by atoms with Gasteiger partial charge in [-0.1, -0.05) is 0 Å². The topological polar surface area (TPSA) is 25.2 Å². The zero-order valence-electron chi connectivity index (χ0n) is 8.74. The Morgan fingerprint density at radius 1 is 1.00 bits per heavy atom. The third-order valence-corrected chi connectivity index (χ3v) is 3.87. The second-order valence-corrected chi connectivity index (χ2v) is 5.01. The first kappa shape index (κ1) is 13.5. The minimum absolute atomic E-state index is 0.127. The summed E-state index contributed by atoms with van der Waals surface area (Å²) in [7, 11) is 0. The highest BCUT2D eigenvalue weighted by molar-refractivity contribution is 9.13.